The number of Topliss-reactive ketones (excluding diaryl/α,β-unsaturated/α-hetero) is 1. The zero-order valence-corrected chi connectivity index (χ0v) is 8.86. The van der Waals surface area contributed by atoms with Gasteiger partial charge < -0.3 is 14.2 Å². The van der Waals surface area contributed by atoms with Crippen molar-refractivity contribution in [2.24, 2.45) is 0 Å². The van der Waals surface area contributed by atoms with E-state index in [9.17, 15) is 4.79 Å². The van der Waals surface area contributed by atoms with Gasteiger partial charge in [0.15, 0.2) is 17.3 Å². The fourth-order valence-corrected chi connectivity index (χ4v) is 1.10. The Bertz CT molecular complexity index is 322. The second-order valence-electron chi connectivity index (χ2n) is 2.91. The molecule has 0 amide bonds. The molecule has 0 bridgehead atoms. The zero-order valence-electron chi connectivity index (χ0n) is 8.86. The minimum atomic E-state index is -0.108. The molecular formula is C11H14O4. The van der Waals surface area contributed by atoms with Crippen molar-refractivity contribution in [3.63, 3.8) is 0 Å². The molecule has 0 aliphatic carbocycles. The number of benzene rings is 1. The lowest BCUT2D eigenvalue weighted by Crippen LogP contribution is -2.16. The molecule has 0 saturated carbocycles. The standard InChI is InChI=1S/C11H14O4/c1-13-7-9(12)8-15-11-6-4-3-5-10(11)14-2/h3-6H,7-8H2,1-2H3. The molecule has 0 aromatic heterocycles. The van der Waals surface area contributed by atoms with Crippen LogP contribution in [0.1, 0.15) is 0 Å². The average molecular weight is 210 g/mol. The summed E-state index contributed by atoms with van der Waals surface area (Å²) in [6.07, 6.45) is 0. The Hall–Kier alpha value is -1.55. The first kappa shape index (κ1) is 11.5. The summed E-state index contributed by atoms with van der Waals surface area (Å²) in [5.41, 5.74) is 0. The smallest absolute Gasteiger partial charge is 0.195 e. The van der Waals surface area contributed by atoms with Crippen LogP contribution in [0.4, 0.5) is 0 Å². The highest BCUT2D eigenvalue weighted by Gasteiger charge is 2.05. The van der Waals surface area contributed by atoms with Crippen LogP contribution in [0.3, 0.4) is 0 Å². The van der Waals surface area contributed by atoms with Gasteiger partial charge in [0.1, 0.15) is 13.2 Å². The molecule has 0 N–H and O–H groups in total. The first-order chi connectivity index (χ1) is 7.27. The van der Waals surface area contributed by atoms with Crippen LogP contribution in [-0.4, -0.2) is 33.2 Å². The van der Waals surface area contributed by atoms with E-state index in [0.29, 0.717) is 11.5 Å². The maximum Gasteiger partial charge on any atom is 0.195 e. The average Bonchev–Trinajstić information content (AvgIpc) is 2.27. The van der Waals surface area contributed by atoms with Crippen LogP contribution in [-0.2, 0) is 9.53 Å². The Labute approximate surface area is 88.8 Å². The van der Waals surface area contributed by atoms with Crippen LogP contribution in [0.15, 0.2) is 24.3 Å². The van der Waals surface area contributed by atoms with Gasteiger partial charge in [-0.3, -0.25) is 4.79 Å². The Kier molecular flexibility index (Phi) is 4.63. The highest BCUT2D eigenvalue weighted by molar-refractivity contribution is 5.81. The van der Waals surface area contributed by atoms with Crippen molar-refractivity contribution < 1.29 is 19.0 Å². The molecule has 0 radical (unpaired) electrons. The van der Waals surface area contributed by atoms with E-state index in [0.717, 1.165) is 0 Å². The van der Waals surface area contributed by atoms with Gasteiger partial charge in [-0.2, -0.15) is 0 Å². The van der Waals surface area contributed by atoms with Crippen LogP contribution in [0, 0.1) is 0 Å². The van der Waals surface area contributed by atoms with Crippen LogP contribution in [0.5, 0.6) is 11.5 Å². The quantitative estimate of drug-likeness (QED) is 0.709. The Morgan fingerprint density at radius 2 is 1.80 bits per heavy atom. The Morgan fingerprint density at radius 1 is 1.13 bits per heavy atom. The van der Waals surface area contributed by atoms with Crippen molar-refractivity contribution in [3.8, 4) is 11.5 Å². The minimum Gasteiger partial charge on any atom is -0.493 e. The normalized spacial score (nSPS) is 9.73. The third-order valence-electron chi connectivity index (χ3n) is 1.76. The van der Waals surface area contributed by atoms with Gasteiger partial charge in [0.25, 0.3) is 0 Å². The molecule has 1 rings (SSSR count). The lowest BCUT2D eigenvalue weighted by molar-refractivity contribution is -0.124. The SMILES string of the molecule is COCC(=O)COc1ccccc1OC. The molecule has 0 aliphatic rings. The van der Waals surface area contributed by atoms with Crippen LogP contribution >= 0.6 is 0 Å². The van der Waals surface area contributed by atoms with E-state index in [2.05, 4.69) is 4.74 Å². The van der Waals surface area contributed by atoms with Gasteiger partial charge in [0.05, 0.1) is 7.11 Å². The van der Waals surface area contributed by atoms with Crippen LogP contribution < -0.4 is 9.47 Å². The van der Waals surface area contributed by atoms with Gasteiger partial charge in [-0.25, -0.2) is 0 Å². The molecule has 0 fully saturated rings. The largest absolute Gasteiger partial charge is 0.493 e. The summed E-state index contributed by atoms with van der Waals surface area (Å²) < 4.78 is 15.0. The molecule has 0 atom stereocenters. The molecule has 4 nitrogen and oxygen atoms in total. The van der Waals surface area contributed by atoms with E-state index in [1.54, 1.807) is 19.2 Å². The first-order valence-electron chi connectivity index (χ1n) is 4.54. The van der Waals surface area contributed by atoms with Crippen molar-refractivity contribution in [1.29, 1.82) is 0 Å². The van der Waals surface area contributed by atoms with Crippen molar-refractivity contribution in [2.75, 3.05) is 27.4 Å². The van der Waals surface area contributed by atoms with E-state index in [4.69, 9.17) is 9.47 Å². The summed E-state index contributed by atoms with van der Waals surface area (Å²) in [4.78, 5) is 11.1. The van der Waals surface area contributed by atoms with E-state index in [1.165, 1.54) is 7.11 Å². The topological polar surface area (TPSA) is 44.8 Å². The highest BCUT2D eigenvalue weighted by atomic mass is 16.5. The molecule has 0 spiro atoms. The molecule has 1 aromatic rings. The highest BCUT2D eigenvalue weighted by Crippen LogP contribution is 2.25. The molecule has 0 unspecified atom stereocenters. The van der Waals surface area contributed by atoms with Crippen LogP contribution in [0.2, 0.25) is 0 Å². The summed E-state index contributed by atoms with van der Waals surface area (Å²) in [6, 6.07) is 7.18. The van der Waals surface area contributed by atoms with Gasteiger partial charge >= 0.3 is 0 Å². The van der Waals surface area contributed by atoms with Gasteiger partial charge in [-0.05, 0) is 12.1 Å². The third-order valence-corrected chi connectivity index (χ3v) is 1.76. The summed E-state index contributed by atoms with van der Waals surface area (Å²) >= 11 is 0. The summed E-state index contributed by atoms with van der Waals surface area (Å²) in [5.74, 6) is 1.07. The molecule has 1 aromatic carbocycles. The number of carbonyl (C=O) groups is 1. The van der Waals surface area contributed by atoms with E-state index < -0.39 is 0 Å². The Morgan fingerprint density at radius 3 is 2.40 bits per heavy atom. The zero-order chi connectivity index (χ0) is 11.1. The van der Waals surface area contributed by atoms with Crippen molar-refractivity contribution >= 4 is 5.78 Å². The Balaban J connectivity index is 2.53. The number of carbonyl (C=O) groups excluding carboxylic acids is 1. The van der Waals surface area contributed by atoms with Gasteiger partial charge in [0.2, 0.25) is 0 Å². The number of ketones is 1. The maximum absolute atomic E-state index is 11.1. The lowest BCUT2D eigenvalue weighted by Gasteiger charge is -2.09. The van der Waals surface area contributed by atoms with E-state index >= 15 is 0 Å². The minimum absolute atomic E-state index is 0.00574. The molecular weight excluding hydrogens is 196 g/mol. The maximum atomic E-state index is 11.1. The fraction of sp³-hybridized carbons (Fsp3) is 0.364. The second kappa shape index (κ2) is 6.03. The first-order valence-corrected chi connectivity index (χ1v) is 4.54. The van der Waals surface area contributed by atoms with Gasteiger partial charge in [-0.1, -0.05) is 12.1 Å². The van der Waals surface area contributed by atoms with E-state index in [-0.39, 0.29) is 19.0 Å². The predicted octanol–water partition coefficient (Wildman–Crippen LogP) is 1.29. The van der Waals surface area contributed by atoms with Crippen LogP contribution in [0.25, 0.3) is 0 Å². The van der Waals surface area contributed by atoms with Crippen molar-refractivity contribution in [3.05, 3.63) is 24.3 Å². The number of ether oxygens (including phenoxy) is 3. The van der Waals surface area contributed by atoms with Gasteiger partial charge in [0, 0.05) is 7.11 Å². The lowest BCUT2D eigenvalue weighted by atomic mass is 10.3. The summed E-state index contributed by atoms with van der Waals surface area (Å²) in [5, 5.41) is 0. The monoisotopic (exact) mass is 210 g/mol. The van der Waals surface area contributed by atoms with Gasteiger partial charge in [-0.15, -0.1) is 0 Å². The number of hydrogen-bond donors (Lipinski definition) is 0. The number of hydrogen-bond acceptors (Lipinski definition) is 4. The molecule has 4 heteroatoms. The third kappa shape index (κ3) is 3.59. The molecule has 0 saturated heterocycles. The molecule has 0 heterocycles. The molecule has 15 heavy (non-hydrogen) atoms. The number of methoxy groups -OCH3 is 2. The second-order valence-corrected chi connectivity index (χ2v) is 2.91. The molecule has 0 aliphatic heterocycles. The number of rotatable bonds is 6. The fourth-order valence-electron chi connectivity index (χ4n) is 1.10. The molecule has 82 valence electrons. The summed E-state index contributed by atoms with van der Waals surface area (Å²) in [6.45, 7) is 0.0589. The summed E-state index contributed by atoms with van der Waals surface area (Å²) in [7, 11) is 3.03. The predicted molar refractivity (Wildman–Crippen MR) is 55.4 cm³/mol. The van der Waals surface area contributed by atoms with Crippen molar-refractivity contribution in [2.45, 2.75) is 0 Å². The number of para-hydroxylation sites is 2. The van der Waals surface area contributed by atoms with E-state index in [1.807, 2.05) is 12.1 Å². The van der Waals surface area contributed by atoms with Crippen molar-refractivity contribution in [1.82, 2.24) is 0 Å².